The number of nitrogens with one attached hydrogen (secondary N) is 1. The van der Waals surface area contributed by atoms with Gasteiger partial charge in [-0.05, 0) is 45.8 Å². The van der Waals surface area contributed by atoms with E-state index in [9.17, 15) is 0 Å². The van der Waals surface area contributed by atoms with Gasteiger partial charge in [0, 0.05) is 12.6 Å². The van der Waals surface area contributed by atoms with Crippen molar-refractivity contribution in [2.45, 2.75) is 59.4 Å². The Bertz CT molecular complexity index is 144. The van der Waals surface area contributed by atoms with Gasteiger partial charge in [0.05, 0.1) is 0 Å². The Balaban J connectivity index is 3.73. The van der Waals surface area contributed by atoms with E-state index in [2.05, 4.69) is 37.9 Å². The molecule has 0 saturated carbocycles. The molecule has 2 nitrogen and oxygen atoms in total. The van der Waals surface area contributed by atoms with E-state index in [1.165, 1.54) is 45.3 Å². The summed E-state index contributed by atoms with van der Waals surface area (Å²) in [5.74, 6) is 0.890. The van der Waals surface area contributed by atoms with Crippen LogP contribution < -0.4 is 5.32 Å². The van der Waals surface area contributed by atoms with E-state index in [0.29, 0.717) is 6.04 Å². The molecule has 0 saturated heterocycles. The van der Waals surface area contributed by atoms with E-state index >= 15 is 0 Å². The third kappa shape index (κ3) is 7.24. The molecule has 0 spiro atoms. The molecule has 0 radical (unpaired) electrons. The zero-order valence-corrected chi connectivity index (χ0v) is 12.1. The molecular formula is C14H32N2. The highest BCUT2D eigenvalue weighted by Crippen LogP contribution is 2.10. The van der Waals surface area contributed by atoms with Gasteiger partial charge in [-0.25, -0.2) is 0 Å². The number of hydrogen-bond donors (Lipinski definition) is 1. The second kappa shape index (κ2) is 10.1. The van der Waals surface area contributed by atoms with Gasteiger partial charge in [-0.3, -0.25) is 0 Å². The van der Waals surface area contributed by atoms with E-state index in [1.54, 1.807) is 0 Å². The molecule has 0 bridgehead atoms. The molecular weight excluding hydrogens is 196 g/mol. The van der Waals surface area contributed by atoms with Crippen molar-refractivity contribution in [2.24, 2.45) is 5.92 Å². The normalized spacial score (nSPS) is 13.7. The van der Waals surface area contributed by atoms with Gasteiger partial charge in [-0.1, -0.05) is 33.6 Å². The molecule has 1 atom stereocenters. The first-order valence-corrected chi connectivity index (χ1v) is 7.07. The van der Waals surface area contributed by atoms with Crippen LogP contribution in [0.5, 0.6) is 0 Å². The number of rotatable bonds is 10. The van der Waals surface area contributed by atoms with Crippen LogP contribution in [-0.2, 0) is 0 Å². The molecule has 0 rings (SSSR count). The molecule has 0 aromatic heterocycles. The lowest BCUT2D eigenvalue weighted by atomic mass is 10.0. The fourth-order valence-corrected chi connectivity index (χ4v) is 2.06. The monoisotopic (exact) mass is 228 g/mol. The van der Waals surface area contributed by atoms with Crippen molar-refractivity contribution in [1.82, 2.24) is 10.2 Å². The van der Waals surface area contributed by atoms with Crippen LogP contribution >= 0.6 is 0 Å². The number of nitrogens with zero attached hydrogens (tertiary/aromatic N) is 1. The maximum absolute atomic E-state index is 3.30. The molecule has 0 fully saturated rings. The van der Waals surface area contributed by atoms with Gasteiger partial charge >= 0.3 is 0 Å². The summed E-state index contributed by atoms with van der Waals surface area (Å²) in [6.45, 7) is 12.9. The van der Waals surface area contributed by atoms with Crippen molar-refractivity contribution in [3.63, 3.8) is 0 Å². The first-order chi connectivity index (χ1) is 7.67. The summed E-state index contributed by atoms with van der Waals surface area (Å²) < 4.78 is 0. The zero-order chi connectivity index (χ0) is 12.4. The molecule has 16 heavy (non-hydrogen) atoms. The third-order valence-corrected chi connectivity index (χ3v) is 3.72. The first-order valence-electron chi connectivity index (χ1n) is 7.07. The van der Waals surface area contributed by atoms with Gasteiger partial charge in [-0.2, -0.15) is 0 Å². The van der Waals surface area contributed by atoms with Gasteiger partial charge in [0.2, 0.25) is 0 Å². The summed E-state index contributed by atoms with van der Waals surface area (Å²) in [4.78, 5) is 2.61. The fraction of sp³-hybridized carbons (Fsp3) is 1.00. The van der Waals surface area contributed by atoms with Crippen molar-refractivity contribution in [1.29, 1.82) is 0 Å². The molecule has 2 heteroatoms. The highest BCUT2D eigenvalue weighted by atomic mass is 15.1. The lowest BCUT2D eigenvalue weighted by Crippen LogP contribution is -2.31. The average Bonchev–Trinajstić information content (AvgIpc) is 2.33. The summed E-state index contributed by atoms with van der Waals surface area (Å²) in [6, 6.07) is 0.659. The first kappa shape index (κ1) is 15.9. The lowest BCUT2D eigenvalue weighted by molar-refractivity contribution is 0.227. The highest BCUT2D eigenvalue weighted by Gasteiger charge is 2.09. The summed E-state index contributed by atoms with van der Waals surface area (Å²) in [5, 5.41) is 3.30. The topological polar surface area (TPSA) is 15.3 Å². The molecule has 0 amide bonds. The maximum atomic E-state index is 3.30. The van der Waals surface area contributed by atoms with E-state index in [1.807, 2.05) is 7.05 Å². The fourth-order valence-electron chi connectivity index (χ4n) is 2.06. The van der Waals surface area contributed by atoms with Gasteiger partial charge in [0.25, 0.3) is 0 Å². The Hall–Kier alpha value is -0.0800. The third-order valence-electron chi connectivity index (χ3n) is 3.72. The van der Waals surface area contributed by atoms with Crippen LogP contribution in [0.15, 0.2) is 0 Å². The standard InChI is InChI=1S/C14H32N2/c1-6-14(7-2)12-16(8-3)11-9-10-13(4)15-5/h13-15H,6-12H2,1-5H3. The quantitative estimate of drug-likeness (QED) is 0.618. The van der Waals surface area contributed by atoms with Crippen molar-refractivity contribution in [3.8, 4) is 0 Å². The van der Waals surface area contributed by atoms with Crippen LogP contribution in [-0.4, -0.2) is 37.6 Å². The minimum atomic E-state index is 0.659. The predicted octanol–water partition coefficient (Wildman–Crippen LogP) is 3.13. The van der Waals surface area contributed by atoms with Crippen LogP contribution in [0.3, 0.4) is 0 Å². The van der Waals surface area contributed by atoms with E-state index in [-0.39, 0.29) is 0 Å². The lowest BCUT2D eigenvalue weighted by Gasteiger charge is -2.25. The molecule has 0 aromatic rings. The van der Waals surface area contributed by atoms with Gasteiger partial charge in [0.15, 0.2) is 0 Å². The molecule has 0 aliphatic heterocycles. The highest BCUT2D eigenvalue weighted by molar-refractivity contribution is 4.65. The van der Waals surface area contributed by atoms with Gasteiger partial charge in [0.1, 0.15) is 0 Å². The number of hydrogen-bond acceptors (Lipinski definition) is 2. The van der Waals surface area contributed by atoms with Gasteiger partial charge in [-0.15, -0.1) is 0 Å². The Morgan fingerprint density at radius 3 is 2.19 bits per heavy atom. The Kier molecular flexibility index (Phi) is 10.0. The molecule has 1 unspecified atom stereocenters. The molecule has 1 N–H and O–H groups in total. The Labute approximate surface area is 103 Å². The SMILES string of the molecule is CCC(CC)CN(CC)CCCC(C)NC. The van der Waals surface area contributed by atoms with Crippen molar-refractivity contribution in [2.75, 3.05) is 26.7 Å². The summed E-state index contributed by atoms with van der Waals surface area (Å²) in [5.41, 5.74) is 0. The second-order valence-corrected chi connectivity index (χ2v) is 4.91. The molecule has 0 aromatic carbocycles. The summed E-state index contributed by atoms with van der Waals surface area (Å²) in [7, 11) is 2.05. The summed E-state index contributed by atoms with van der Waals surface area (Å²) >= 11 is 0. The second-order valence-electron chi connectivity index (χ2n) is 4.91. The Morgan fingerprint density at radius 2 is 1.75 bits per heavy atom. The largest absolute Gasteiger partial charge is 0.317 e. The smallest absolute Gasteiger partial charge is 0.00362 e. The molecule has 0 aliphatic carbocycles. The van der Waals surface area contributed by atoms with Crippen molar-refractivity contribution in [3.05, 3.63) is 0 Å². The predicted molar refractivity (Wildman–Crippen MR) is 73.9 cm³/mol. The maximum Gasteiger partial charge on any atom is 0.00362 e. The average molecular weight is 228 g/mol. The van der Waals surface area contributed by atoms with Crippen LogP contribution in [0.25, 0.3) is 0 Å². The van der Waals surface area contributed by atoms with E-state index in [0.717, 1.165) is 5.92 Å². The Morgan fingerprint density at radius 1 is 1.12 bits per heavy atom. The zero-order valence-electron chi connectivity index (χ0n) is 12.1. The van der Waals surface area contributed by atoms with Crippen molar-refractivity contribution >= 4 is 0 Å². The van der Waals surface area contributed by atoms with Crippen LogP contribution in [0.1, 0.15) is 53.4 Å². The summed E-state index contributed by atoms with van der Waals surface area (Å²) in [6.07, 6.45) is 5.24. The van der Waals surface area contributed by atoms with Crippen LogP contribution in [0.4, 0.5) is 0 Å². The van der Waals surface area contributed by atoms with E-state index in [4.69, 9.17) is 0 Å². The van der Waals surface area contributed by atoms with Gasteiger partial charge < -0.3 is 10.2 Å². The van der Waals surface area contributed by atoms with Crippen LogP contribution in [0, 0.1) is 5.92 Å². The minimum absolute atomic E-state index is 0.659. The minimum Gasteiger partial charge on any atom is -0.317 e. The molecule has 0 aliphatic rings. The van der Waals surface area contributed by atoms with Crippen molar-refractivity contribution < 1.29 is 0 Å². The molecule has 0 heterocycles. The van der Waals surface area contributed by atoms with E-state index < -0.39 is 0 Å². The van der Waals surface area contributed by atoms with Crippen LogP contribution in [0.2, 0.25) is 0 Å². The molecule has 98 valence electrons.